The fourth-order valence-electron chi connectivity index (χ4n) is 2.68. The number of nitrogens with one attached hydrogen (secondary N) is 1. The van der Waals surface area contributed by atoms with Crippen LogP contribution in [0.3, 0.4) is 0 Å². The lowest BCUT2D eigenvalue weighted by Crippen LogP contribution is -2.39. The second kappa shape index (κ2) is 8.87. The molecule has 0 unspecified atom stereocenters. The molecule has 0 aromatic heterocycles. The zero-order valence-electron chi connectivity index (χ0n) is 14.9. The third-order valence-electron chi connectivity index (χ3n) is 3.86. The standard InChI is InChI=1S/C20H24N2O3/c1-15-8-7-9-16(2)20(15)22(17(3)23)13-12-21-19(24)14-25-18-10-5-4-6-11-18/h4-11H,12-14H2,1-3H3,(H,21,24). The van der Waals surface area contributed by atoms with Gasteiger partial charge in [0.25, 0.3) is 5.91 Å². The van der Waals surface area contributed by atoms with Gasteiger partial charge in [0, 0.05) is 25.7 Å². The number of hydrogen-bond donors (Lipinski definition) is 1. The van der Waals surface area contributed by atoms with Crippen molar-refractivity contribution in [1.82, 2.24) is 5.32 Å². The number of carbonyl (C=O) groups excluding carboxylic acids is 2. The predicted octanol–water partition coefficient (Wildman–Crippen LogP) is 2.85. The molecule has 132 valence electrons. The summed E-state index contributed by atoms with van der Waals surface area (Å²) in [4.78, 5) is 25.6. The van der Waals surface area contributed by atoms with Gasteiger partial charge < -0.3 is 15.0 Å². The van der Waals surface area contributed by atoms with E-state index in [2.05, 4.69) is 5.32 Å². The molecule has 0 aliphatic rings. The summed E-state index contributed by atoms with van der Waals surface area (Å²) >= 11 is 0. The van der Waals surface area contributed by atoms with Crippen LogP contribution in [0.2, 0.25) is 0 Å². The molecule has 0 bridgehead atoms. The quantitative estimate of drug-likeness (QED) is 0.843. The van der Waals surface area contributed by atoms with Crippen molar-refractivity contribution >= 4 is 17.5 Å². The van der Waals surface area contributed by atoms with Gasteiger partial charge in [0.15, 0.2) is 6.61 Å². The van der Waals surface area contributed by atoms with Crippen molar-refractivity contribution in [3.05, 3.63) is 59.7 Å². The maximum atomic E-state index is 12.0. The number of aryl methyl sites for hydroxylation is 2. The highest BCUT2D eigenvalue weighted by Gasteiger charge is 2.16. The molecule has 25 heavy (non-hydrogen) atoms. The minimum Gasteiger partial charge on any atom is -0.484 e. The molecule has 0 spiro atoms. The number of amides is 2. The van der Waals surface area contributed by atoms with Crippen LogP contribution in [0.1, 0.15) is 18.1 Å². The summed E-state index contributed by atoms with van der Waals surface area (Å²) in [5, 5.41) is 2.79. The third kappa shape index (κ3) is 5.35. The SMILES string of the molecule is CC(=O)N(CCNC(=O)COc1ccccc1)c1c(C)cccc1C. The first-order valence-corrected chi connectivity index (χ1v) is 8.28. The summed E-state index contributed by atoms with van der Waals surface area (Å²) in [7, 11) is 0. The normalized spacial score (nSPS) is 10.2. The molecule has 0 atom stereocenters. The van der Waals surface area contributed by atoms with Gasteiger partial charge >= 0.3 is 0 Å². The molecule has 2 aromatic rings. The minimum atomic E-state index is -0.214. The highest BCUT2D eigenvalue weighted by molar-refractivity contribution is 5.93. The zero-order valence-corrected chi connectivity index (χ0v) is 14.9. The summed E-state index contributed by atoms with van der Waals surface area (Å²) in [6.45, 7) is 6.22. The van der Waals surface area contributed by atoms with Crippen molar-refractivity contribution < 1.29 is 14.3 Å². The Morgan fingerprint density at radius 3 is 2.24 bits per heavy atom. The van der Waals surface area contributed by atoms with Crippen LogP contribution in [0, 0.1) is 13.8 Å². The fourth-order valence-corrected chi connectivity index (χ4v) is 2.68. The summed E-state index contributed by atoms with van der Waals surface area (Å²) in [6, 6.07) is 15.1. The van der Waals surface area contributed by atoms with Crippen molar-refractivity contribution in [2.75, 3.05) is 24.6 Å². The number of para-hydroxylation sites is 2. The van der Waals surface area contributed by atoms with Crippen LogP contribution < -0.4 is 15.0 Å². The molecule has 0 saturated carbocycles. The Morgan fingerprint density at radius 2 is 1.64 bits per heavy atom. The second-order valence-corrected chi connectivity index (χ2v) is 5.86. The zero-order chi connectivity index (χ0) is 18.2. The molecular weight excluding hydrogens is 316 g/mol. The van der Waals surface area contributed by atoms with Gasteiger partial charge in [-0.05, 0) is 37.1 Å². The van der Waals surface area contributed by atoms with Crippen molar-refractivity contribution in [2.45, 2.75) is 20.8 Å². The molecule has 0 saturated heterocycles. The Hall–Kier alpha value is -2.82. The maximum Gasteiger partial charge on any atom is 0.258 e. The lowest BCUT2D eigenvalue weighted by molar-refractivity contribution is -0.123. The number of rotatable bonds is 7. The smallest absolute Gasteiger partial charge is 0.258 e. The number of nitrogens with zero attached hydrogens (tertiary/aromatic N) is 1. The third-order valence-corrected chi connectivity index (χ3v) is 3.86. The average Bonchev–Trinajstić information content (AvgIpc) is 2.59. The summed E-state index contributed by atoms with van der Waals surface area (Å²) < 4.78 is 5.40. The van der Waals surface area contributed by atoms with E-state index in [1.54, 1.807) is 17.0 Å². The molecule has 0 aliphatic carbocycles. The molecule has 2 aromatic carbocycles. The molecule has 0 heterocycles. The van der Waals surface area contributed by atoms with E-state index in [0.717, 1.165) is 16.8 Å². The molecular formula is C20H24N2O3. The predicted molar refractivity (Wildman–Crippen MR) is 98.9 cm³/mol. The van der Waals surface area contributed by atoms with E-state index in [-0.39, 0.29) is 18.4 Å². The van der Waals surface area contributed by atoms with E-state index in [4.69, 9.17) is 4.74 Å². The summed E-state index contributed by atoms with van der Waals surface area (Å²) in [5.74, 6) is 0.389. The fraction of sp³-hybridized carbons (Fsp3) is 0.300. The Bertz CT molecular complexity index is 709. The number of anilines is 1. The van der Waals surface area contributed by atoms with Crippen molar-refractivity contribution in [3.63, 3.8) is 0 Å². The van der Waals surface area contributed by atoms with Crippen molar-refractivity contribution in [1.29, 1.82) is 0 Å². The molecule has 5 nitrogen and oxygen atoms in total. The highest BCUT2D eigenvalue weighted by Crippen LogP contribution is 2.24. The van der Waals surface area contributed by atoms with Gasteiger partial charge in [-0.15, -0.1) is 0 Å². The van der Waals surface area contributed by atoms with Crippen LogP contribution in [0.15, 0.2) is 48.5 Å². The summed E-state index contributed by atoms with van der Waals surface area (Å²) in [5.41, 5.74) is 2.98. The van der Waals surface area contributed by atoms with E-state index in [1.165, 1.54) is 6.92 Å². The molecule has 2 rings (SSSR count). The number of ether oxygens (including phenoxy) is 1. The van der Waals surface area contributed by atoms with Gasteiger partial charge in [0.2, 0.25) is 5.91 Å². The first-order valence-electron chi connectivity index (χ1n) is 8.28. The van der Waals surface area contributed by atoms with Crippen molar-refractivity contribution in [2.24, 2.45) is 0 Å². The Balaban J connectivity index is 1.87. The van der Waals surface area contributed by atoms with Crippen LogP contribution in [-0.2, 0) is 9.59 Å². The first kappa shape index (κ1) is 18.5. The number of hydrogen-bond acceptors (Lipinski definition) is 3. The van der Waals surface area contributed by atoms with E-state index in [9.17, 15) is 9.59 Å². The largest absolute Gasteiger partial charge is 0.484 e. The van der Waals surface area contributed by atoms with Crippen LogP contribution in [-0.4, -0.2) is 31.5 Å². The number of benzene rings is 2. The topological polar surface area (TPSA) is 58.6 Å². The maximum absolute atomic E-state index is 12.0. The van der Waals surface area contributed by atoms with Gasteiger partial charge in [0.1, 0.15) is 5.75 Å². The van der Waals surface area contributed by atoms with E-state index >= 15 is 0 Å². The van der Waals surface area contributed by atoms with Crippen LogP contribution in [0.4, 0.5) is 5.69 Å². The Kier molecular flexibility index (Phi) is 6.57. The van der Waals surface area contributed by atoms with Gasteiger partial charge in [0.05, 0.1) is 0 Å². The van der Waals surface area contributed by atoms with Gasteiger partial charge in [-0.3, -0.25) is 9.59 Å². The monoisotopic (exact) mass is 340 g/mol. The minimum absolute atomic E-state index is 0.0481. The van der Waals surface area contributed by atoms with E-state index in [0.29, 0.717) is 18.8 Å². The van der Waals surface area contributed by atoms with Crippen molar-refractivity contribution in [3.8, 4) is 5.75 Å². The second-order valence-electron chi connectivity index (χ2n) is 5.86. The highest BCUT2D eigenvalue weighted by atomic mass is 16.5. The molecule has 5 heteroatoms. The molecule has 2 amide bonds. The first-order chi connectivity index (χ1) is 12.0. The molecule has 0 radical (unpaired) electrons. The van der Waals surface area contributed by atoms with E-state index in [1.807, 2.05) is 50.2 Å². The van der Waals surface area contributed by atoms with Gasteiger partial charge in [-0.25, -0.2) is 0 Å². The number of carbonyl (C=O) groups is 2. The molecule has 0 aliphatic heterocycles. The van der Waals surface area contributed by atoms with Crippen LogP contribution in [0.5, 0.6) is 5.75 Å². The molecule has 0 fully saturated rings. The molecule has 1 N–H and O–H groups in total. The lowest BCUT2D eigenvalue weighted by atomic mass is 10.1. The van der Waals surface area contributed by atoms with Gasteiger partial charge in [-0.2, -0.15) is 0 Å². The summed E-state index contributed by atoms with van der Waals surface area (Å²) in [6.07, 6.45) is 0. The van der Waals surface area contributed by atoms with Crippen LogP contribution in [0.25, 0.3) is 0 Å². The Morgan fingerprint density at radius 1 is 1.00 bits per heavy atom. The average molecular weight is 340 g/mol. The Labute approximate surface area is 148 Å². The lowest BCUT2D eigenvalue weighted by Gasteiger charge is -2.25. The van der Waals surface area contributed by atoms with Crippen LogP contribution >= 0.6 is 0 Å². The van der Waals surface area contributed by atoms with E-state index < -0.39 is 0 Å². The van der Waals surface area contributed by atoms with Gasteiger partial charge in [-0.1, -0.05) is 36.4 Å².